The minimum absolute atomic E-state index is 0.142. The average Bonchev–Trinajstić information content (AvgIpc) is 2.87. The summed E-state index contributed by atoms with van der Waals surface area (Å²) in [4.78, 5) is 4.00. The van der Waals surface area contributed by atoms with E-state index in [9.17, 15) is 13.5 Å². The molecule has 0 spiro atoms. The lowest BCUT2D eigenvalue weighted by Gasteiger charge is -2.02. The molecular weight excluding hydrogens is 328 g/mol. The number of sulfonamides is 1. The molecule has 0 aliphatic heterocycles. The zero-order valence-electron chi connectivity index (χ0n) is 10.0. The number of rotatable bonds is 4. The second kappa shape index (κ2) is 5.37. The predicted molar refractivity (Wildman–Crippen MR) is 77.6 cm³/mol. The molecule has 0 fully saturated rings. The van der Waals surface area contributed by atoms with Crippen LogP contribution in [0.4, 0.5) is 5.13 Å². The van der Waals surface area contributed by atoms with Gasteiger partial charge in [-0.3, -0.25) is 4.72 Å². The highest BCUT2D eigenvalue weighted by molar-refractivity contribution is 7.94. The van der Waals surface area contributed by atoms with Gasteiger partial charge in [-0.15, -0.1) is 22.7 Å². The molecule has 0 aromatic carbocycles. The van der Waals surface area contributed by atoms with E-state index in [-0.39, 0.29) is 9.34 Å². The van der Waals surface area contributed by atoms with E-state index in [0.717, 1.165) is 28.2 Å². The first-order valence-electron chi connectivity index (χ1n) is 5.22. The summed E-state index contributed by atoms with van der Waals surface area (Å²) < 4.78 is 27.1. The number of thiazole rings is 1. The molecule has 2 N–H and O–H groups in total. The fraction of sp³-hybridized carbons (Fsp3) is 0.300. The molecule has 104 valence electrons. The van der Waals surface area contributed by atoms with Crippen LogP contribution in [0.25, 0.3) is 0 Å². The molecule has 1 unspecified atom stereocenters. The monoisotopic (exact) mass is 338 g/mol. The molecule has 2 aromatic rings. The van der Waals surface area contributed by atoms with E-state index >= 15 is 0 Å². The van der Waals surface area contributed by atoms with Crippen LogP contribution < -0.4 is 4.72 Å². The Morgan fingerprint density at radius 3 is 2.68 bits per heavy atom. The number of nitrogens with zero attached hydrogens (tertiary/aromatic N) is 1. The summed E-state index contributed by atoms with van der Waals surface area (Å²) >= 11 is 7.98. The maximum Gasteiger partial charge on any atom is 0.273 e. The van der Waals surface area contributed by atoms with E-state index in [2.05, 4.69) is 9.71 Å². The second-order valence-electron chi connectivity index (χ2n) is 3.88. The summed E-state index contributed by atoms with van der Waals surface area (Å²) in [7, 11) is -3.68. The quantitative estimate of drug-likeness (QED) is 0.898. The van der Waals surface area contributed by atoms with Crippen LogP contribution in [0.2, 0.25) is 4.34 Å². The zero-order chi connectivity index (χ0) is 14.2. The van der Waals surface area contributed by atoms with E-state index in [1.807, 2.05) is 0 Å². The van der Waals surface area contributed by atoms with Crippen molar-refractivity contribution >= 4 is 49.4 Å². The van der Waals surface area contributed by atoms with Crippen molar-refractivity contribution in [2.24, 2.45) is 0 Å². The smallest absolute Gasteiger partial charge is 0.273 e. The number of nitrogens with one attached hydrogen (secondary N) is 1. The number of hydrogen-bond donors (Lipinski definition) is 2. The van der Waals surface area contributed by atoms with Crippen molar-refractivity contribution in [3.05, 3.63) is 27.0 Å². The molecule has 9 heteroatoms. The molecule has 2 rings (SSSR count). The van der Waals surface area contributed by atoms with Crippen LogP contribution >= 0.6 is 34.3 Å². The minimum atomic E-state index is -3.68. The van der Waals surface area contributed by atoms with Crippen LogP contribution in [0.3, 0.4) is 0 Å². The molecule has 0 aliphatic carbocycles. The number of aliphatic hydroxyl groups is 1. The molecule has 2 heterocycles. The Kier molecular flexibility index (Phi) is 4.17. The van der Waals surface area contributed by atoms with Gasteiger partial charge in [-0.25, -0.2) is 13.4 Å². The summed E-state index contributed by atoms with van der Waals surface area (Å²) in [5.74, 6) is 0. The number of aryl methyl sites for hydroxylation is 1. The molecule has 0 radical (unpaired) electrons. The van der Waals surface area contributed by atoms with Gasteiger partial charge in [0.25, 0.3) is 10.0 Å². The lowest BCUT2D eigenvalue weighted by atomic mass is 10.3. The average molecular weight is 339 g/mol. The molecule has 0 bridgehead atoms. The summed E-state index contributed by atoms with van der Waals surface area (Å²) in [6, 6.07) is 1.51. The lowest BCUT2D eigenvalue weighted by molar-refractivity contribution is 0.195. The SMILES string of the molecule is Cc1cc(S(=O)(=O)Nc2nc(C(C)O)cs2)sc1Cl. The Bertz CT molecular complexity index is 671. The third kappa shape index (κ3) is 3.26. The van der Waals surface area contributed by atoms with Gasteiger partial charge in [0.15, 0.2) is 5.13 Å². The van der Waals surface area contributed by atoms with Crippen molar-refractivity contribution in [2.45, 2.75) is 24.2 Å². The third-order valence-electron chi connectivity index (χ3n) is 2.27. The van der Waals surface area contributed by atoms with Gasteiger partial charge in [-0.05, 0) is 25.5 Å². The Labute approximate surface area is 123 Å². The Morgan fingerprint density at radius 2 is 2.21 bits per heavy atom. The number of aromatic nitrogens is 1. The summed E-state index contributed by atoms with van der Waals surface area (Å²) in [6.07, 6.45) is -0.729. The molecule has 1 atom stereocenters. The first kappa shape index (κ1) is 14.7. The minimum Gasteiger partial charge on any atom is -0.387 e. The van der Waals surface area contributed by atoms with Gasteiger partial charge >= 0.3 is 0 Å². The fourth-order valence-corrected chi connectivity index (χ4v) is 5.01. The topological polar surface area (TPSA) is 79.3 Å². The van der Waals surface area contributed by atoms with Crippen LogP contribution in [0.1, 0.15) is 24.3 Å². The van der Waals surface area contributed by atoms with E-state index < -0.39 is 16.1 Å². The second-order valence-corrected chi connectivity index (χ2v) is 8.30. The summed E-state index contributed by atoms with van der Waals surface area (Å²) in [5.41, 5.74) is 1.15. The summed E-state index contributed by atoms with van der Waals surface area (Å²) in [6.45, 7) is 3.31. The molecule has 0 aliphatic rings. The van der Waals surface area contributed by atoms with Crippen molar-refractivity contribution < 1.29 is 13.5 Å². The van der Waals surface area contributed by atoms with Crippen LogP contribution in [0, 0.1) is 6.92 Å². The number of halogens is 1. The summed E-state index contributed by atoms with van der Waals surface area (Å²) in [5, 5.41) is 11.2. The van der Waals surface area contributed by atoms with Crippen molar-refractivity contribution in [1.29, 1.82) is 0 Å². The van der Waals surface area contributed by atoms with E-state index in [0.29, 0.717) is 10.0 Å². The van der Waals surface area contributed by atoms with Crippen molar-refractivity contribution in [1.82, 2.24) is 4.98 Å². The molecule has 0 saturated carbocycles. The van der Waals surface area contributed by atoms with E-state index in [1.54, 1.807) is 19.2 Å². The van der Waals surface area contributed by atoms with Crippen molar-refractivity contribution in [3.8, 4) is 0 Å². The first-order valence-corrected chi connectivity index (χ1v) is 8.77. The molecule has 19 heavy (non-hydrogen) atoms. The Hall–Kier alpha value is -0.670. The van der Waals surface area contributed by atoms with E-state index in [1.165, 1.54) is 6.07 Å². The maximum atomic E-state index is 12.1. The molecule has 0 saturated heterocycles. The number of thiophene rings is 1. The number of anilines is 1. The molecule has 5 nitrogen and oxygen atoms in total. The molecular formula is C10H11ClN2O3S3. The fourth-order valence-electron chi connectivity index (χ4n) is 1.25. The Balaban J connectivity index is 2.25. The highest BCUT2D eigenvalue weighted by atomic mass is 35.5. The predicted octanol–water partition coefficient (Wildman–Crippen LogP) is 3.02. The largest absolute Gasteiger partial charge is 0.387 e. The molecule has 0 amide bonds. The van der Waals surface area contributed by atoms with Gasteiger partial charge < -0.3 is 5.11 Å². The third-order valence-corrected chi connectivity index (χ3v) is 6.54. The number of hydrogen-bond acceptors (Lipinski definition) is 6. The van der Waals surface area contributed by atoms with Gasteiger partial charge in [0.2, 0.25) is 0 Å². The van der Waals surface area contributed by atoms with Gasteiger partial charge in [-0.1, -0.05) is 11.6 Å². The maximum absolute atomic E-state index is 12.1. The van der Waals surface area contributed by atoms with Gasteiger partial charge in [0.05, 0.1) is 16.1 Å². The van der Waals surface area contributed by atoms with Crippen LogP contribution in [0.5, 0.6) is 0 Å². The van der Waals surface area contributed by atoms with Gasteiger partial charge in [-0.2, -0.15) is 0 Å². The first-order chi connectivity index (χ1) is 8.79. The van der Waals surface area contributed by atoms with E-state index in [4.69, 9.17) is 11.6 Å². The van der Waals surface area contributed by atoms with Crippen LogP contribution in [-0.4, -0.2) is 18.5 Å². The standard InChI is InChI=1S/C10H11ClN2O3S3/c1-5-3-8(18-9(5)11)19(15,16)13-10-12-7(4-17-10)6(2)14/h3-4,6,14H,1-2H3,(H,12,13). The normalized spacial score (nSPS) is 13.5. The van der Waals surface area contributed by atoms with Crippen molar-refractivity contribution in [3.63, 3.8) is 0 Å². The van der Waals surface area contributed by atoms with Crippen molar-refractivity contribution in [2.75, 3.05) is 4.72 Å². The highest BCUT2D eigenvalue weighted by Gasteiger charge is 2.20. The van der Waals surface area contributed by atoms with Gasteiger partial charge in [0, 0.05) is 5.38 Å². The Morgan fingerprint density at radius 1 is 1.53 bits per heavy atom. The lowest BCUT2D eigenvalue weighted by Crippen LogP contribution is -2.11. The zero-order valence-corrected chi connectivity index (χ0v) is 13.3. The molecule has 2 aromatic heterocycles. The van der Waals surface area contributed by atoms with Gasteiger partial charge in [0.1, 0.15) is 4.21 Å². The van der Waals surface area contributed by atoms with Crippen LogP contribution in [0.15, 0.2) is 15.7 Å². The highest BCUT2D eigenvalue weighted by Crippen LogP contribution is 2.32. The number of aliphatic hydroxyl groups excluding tert-OH is 1. The van der Waals surface area contributed by atoms with Crippen LogP contribution in [-0.2, 0) is 10.0 Å².